The van der Waals surface area contributed by atoms with Crippen LogP contribution in [0.4, 0.5) is 0 Å². The molecule has 0 aromatic heterocycles. The summed E-state index contributed by atoms with van der Waals surface area (Å²) in [4.78, 5) is 12.7. The van der Waals surface area contributed by atoms with Gasteiger partial charge in [-0.25, -0.2) is 0 Å². The maximum absolute atomic E-state index is 12.7. The summed E-state index contributed by atoms with van der Waals surface area (Å²) in [5.74, 6) is -1.68. The van der Waals surface area contributed by atoms with Gasteiger partial charge in [-0.1, -0.05) is 128 Å². The van der Waals surface area contributed by atoms with Crippen LogP contribution in [0.1, 0.15) is 35.1 Å². The van der Waals surface area contributed by atoms with Gasteiger partial charge in [0.15, 0.2) is 0 Å². The Morgan fingerprint density at radius 1 is 0.613 bits per heavy atom. The number of benzene rings is 4. The summed E-state index contributed by atoms with van der Waals surface area (Å²) in [7, 11) is 0. The largest absolute Gasteiger partial charge is 0.481 e. The molecule has 1 N–H and O–H groups in total. The van der Waals surface area contributed by atoms with Crippen molar-refractivity contribution in [2.24, 2.45) is 5.92 Å². The normalized spacial score (nSPS) is 12.5. The quantitative estimate of drug-likeness (QED) is 0.379. The standard InChI is InChI=1S/C29H26O2/c1-22(28(30)31)29(25-18-10-4-11-19-25,26-20-12-5-13-21-26)27(23-14-6-2-7-15-23)24-16-8-3-9-17-24/h2-22,27H,1H3,(H,30,31). The predicted molar refractivity (Wildman–Crippen MR) is 125 cm³/mol. The smallest absolute Gasteiger partial charge is 0.307 e. The Labute approximate surface area is 183 Å². The summed E-state index contributed by atoms with van der Waals surface area (Å²) in [6.07, 6.45) is 0. The molecule has 0 bridgehead atoms. The van der Waals surface area contributed by atoms with E-state index in [1.165, 1.54) is 0 Å². The Morgan fingerprint density at radius 2 is 0.935 bits per heavy atom. The van der Waals surface area contributed by atoms with Crippen molar-refractivity contribution in [3.05, 3.63) is 144 Å². The molecule has 0 aliphatic carbocycles. The first-order chi connectivity index (χ1) is 15.2. The van der Waals surface area contributed by atoms with Gasteiger partial charge in [0, 0.05) is 11.3 Å². The average Bonchev–Trinajstić information content (AvgIpc) is 2.84. The molecule has 0 saturated heterocycles. The van der Waals surface area contributed by atoms with Crippen molar-refractivity contribution in [2.45, 2.75) is 18.3 Å². The van der Waals surface area contributed by atoms with Crippen molar-refractivity contribution in [1.82, 2.24) is 0 Å². The number of carboxylic acid groups (broad SMARTS) is 1. The van der Waals surface area contributed by atoms with Gasteiger partial charge in [-0.3, -0.25) is 4.79 Å². The maximum atomic E-state index is 12.7. The zero-order valence-corrected chi connectivity index (χ0v) is 17.6. The predicted octanol–water partition coefficient (Wildman–Crippen LogP) is 6.53. The Kier molecular flexibility index (Phi) is 5.99. The summed E-state index contributed by atoms with van der Waals surface area (Å²) in [6.45, 7) is 1.83. The molecule has 31 heavy (non-hydrogen) atoms. The zero-order valence-electron chi connectivity index (χ0n) is 17.6. The fraction of sp³-hybridized carbons (Fsp3) is 0.138. The van der Waals surface area contributed by atoms with Crippen LogP contribution in [0.5, 0.6) is 0 Å². The fourth-order valence-electron chi connectivity index (χ4n) is 4.88. The summed E-state index contributed by atoms with van der Waals surface area (Å²) in [5.41, 5.74) is 3.36. The molecule has 0 radical (unpaired) electrons. The first kappa shape index (κ1) is 20.6. The molecule has 1 unspecified atom stereocenters. The van der Waals surface area contributed by atoms with E-state index in [4.69, 9.17) is 0 Å². The van der Waals surface area contributed by atoms with Gasteiger partial charge in [-0.2, -0.15) is 0 Å². The van der Waals surface area contributed by atoms with E-state index in [9.17, 15) is 9.90 Å². The van der Waals surface area contributed by atoms with Crippen molar-refractivity contribution in [3.63, 3.8) is 0 Å². The van der Waals surface area contributed by atoms with Crippen LogP contribution in [0.15, 0.2) is 121 Å². The van der Waals surface area contributed by atoms with Gasteiger partial charge in [-0.05, 0) is 22.3 Å². The molecular weight excluding hydrogens is 380 g/mol. The van der Waals surface area contributed by atoms with E-state index < -0.39 is 17.3 Å². The van der Waals surface area contributed by atoms with Crippen molar-refractivity contribution in [1.29, 1.82) is 0 Å². The Bertz CT molecular complexity index is 1030. The van der Waals surface area contributed by atoms with Crippen molar-refractivity contribution in [2.75, 3.05) is 0 Å². The van der Waals surface area contributed by atoms with Gasteiger partial charge in [0.1, 0.15) is 0 Å². The summed E-state index contributed by atoms with van der Waals surface area (Å²) < 4.78 is 0. The molecule has 0 fully saturated rings. The van der Waals surface area contributed by atoms with Crippen molar-refractivity contribution in [3.8, 4) is 0 Å². The minimum atomic E-state index is -0.815. The van der Waals surface area contributed by atoms with E-state index >= 15 is 0 Å². The first-order valence-corrected chi connectivity index (χ1v) is 10.6. The Morgan fingerprint density at radius 3 is 1.26 bits per heavy atom. The van der Waals surface area contributed by atoms with Gasteiger partial charge >= 0.3 is 5.97 Å². The lowest BCUT2D eigenvalue weighted by atomic mass is 9.56. The molecule has 0 aliphatic rings. The van der Waals surface area contributed by atoms with Crippen LogP contribution in [0.3, 0.4) is 0 Å². The van der Waals surface area contributed by atoms with Crippen LogP contribution in [-0.4, -0.2) is 11.1 Å². The number of carbonyl (C=O) groups is 1. The fourth-order valence-corrected chi connectivity index (χ4v) is 4.88. The highest BCUT2D eigenvalue weighted by Crippen LogP contribution is 2.52. The topological polar surface area (TPSA) is 37.3 Å². The van der Waals surface area contributed by atoms with E-state index in [0.29, 0.717) is 0 Å². The van der Waals surface area contributed by atoms with Crippen LogP contribution in [0, 0.1) is 5.92 Å². The second-order valence-corrected chi connectivity index (χ2v) is 7.92. The van der Waals surface area contributed by atoms with Crippen LogP contribution in [-0.2, 0) is 10.2 Å². The van der Waals surface area contributed by atoms with Gasteiger partial charge in [0.25, 0.3) is 0 Å². The summed E-state index contributed by atoms with van der Waals surface area (Å²) in [6, 6.07) is 40.7. The van der Waals surface area contributed by atoms with Gasteiger partial charge in [0.2, 0.25) is 0 Å². The molecule has 0 spiro atoms. The Hall–Kier alpha value is -3.65. The van der Waals surface area contributed by atoms with Crippen LogP contribution >= 0.6 is 0 Å². The molecule has 2 nitrogen and oxygen atoms in total. The molecule has 0 heterocycles. The number of aliphatic carboxylic acids is 1. The van der Waals surface area contributed by atoms with Gasteiger partial charge in [0.05, 0.1) is 5.92 Å². The molecule has 4 aromatic rings. The highest BCUT2D eigenvalue weighted by molar-refractivity contribution is 5.75. The minimum Gasteiger partial charge on any atom is -0.481 e. The highest BCUT2D eigenvalue weighted by Gasteiger charge is 2.50. The zero-order chi connectivity index (χ0) is 21.7. The number of rotatable bonds is 7. The van der Waals surface area contributed by atoms with E-state index in [1.54, 1.807) is 0 Å². The summed E-state index contributed by atoms with van der Waals surface area (Å²) in [5, 5.41) is 10.4. The number of carboxylic acids is 1. The lowest BCUT2D eigenvalue weighted by molar-refractivity contribution is -0.143. The maximum Gasteiger partial charge on any atom is 0.307 e. The molecule has 154 valence electrons. The lowest BCUT2D eigenvalue weighted by Crippen LogP contribution is -2.45. The summed E-state index contributed by atoms with van der Waals surface area (Å²) >= 11 is 0. The molecule has 4 aromatic carbocycles. The molecule has 0 saturated carbocycles. The van der Waals surface area contributed by atoms with E-state index in [-0.39, 0.29) is 5.92 Å². The third-order valence-corrected chi connectivity index (χ3v) is 6.28. The Balaban J connectivity index is 2.15. The molecular formula is C29H26O2. The number of hydrogen-bond acceptors (Lipinski definition) is 1. The highest BCUT2D eigenvalue weighted by atomic mass is 16.4. The van der Waals surface area contributed by atoms with Crippen LogP contribution < -0.4 is 0 Å². The van der Waals surface area contributed by atoms with Gasteiger partial charge in [-0.15, -0.1) is 0 Å². The molecule has 4 rings (SSSR count). The second kappa shape index (κ2) is 9.01. The molecule has 2 heteroatoms. The SMILES string of the molecule is CC(C(=O)O)C(c1ccccc1)(c1ccccc1)C(c1ccccc1)c1ccccc1. The van der Waals surface area contributed by atoms with Crippen molar-refractivity contribution < 1.29 is 9.90 Å². The van der Waals surface area contributed by atoms with E-state index in [0.717, 1.165) is 22.3 Å². The molecule has 0 aliphatic heterocycles. The minimum absolute atomic E-state index is 0.189. The third kappa shape index (κ3) is 3.77. The molecule has 0 amide bonds. The van der Waals surface area contributed by atoms with E-state index in [1.807, 2.05) is 79.7 Å². The monoisotopic (exact) mass is 406 g/mol. The lowest BCUT2D eigenvalue weighted by Gasteiger charge is -2.45. The van der Waals surface area contributed by atoms with Crippen LogP contribution in [0.2, 0.25) is 0 Å². The average molecular weight is 407 g/mol. The first-order valence-electron chi connectivity index (χ1n) is 10.6. The van der Waals surface area contributed by atoms with Crippen LogP contribution in [0.25, 0.3) is 0 Å². The van der Waals surface area contributed by atoms with Crippen molar-refractivity contribution >= 4 is 5.97 Å². The second-order valence-electron chi connectivity index (χ2n) is 7.92. The van der Waals surface area contributed by atoms with E-state index in [2.05, 4.69) is 48.5 Å². The molecule has 1 atom stereocenters. The third-order valence-electron chi connectivity index (χ3n) is 6.28. The number of hydrogen-bond donors (Lipinski definition) is 1. The van der Waals surface area contributed by atoms with Gasteiger partial charge < -0.3 is 5.11 Å².